The van der Waals surface area contributed by atoms with Crippen molar-refractivity contribution in [2.75, 3.05) is 20.6 Å². The van der Waals surface area contributed by atoms with Crippen LogP contribution in [-0.4, -0.2) is 57.1 Å². The first-order chi connectivity index (χ1) is 12.8. The quantitative estimate of drug-likeness (QED) is 0.871. The average Bonchev–Trinajstić information content (AvgIpc) is 3.06. The highest BCUT2D eigenvalue weighted by Gasteiger charge is 2.26. The number of hydrogen-bond acceptors (Lipinski definition) is 4. The number of benzene rings is 1. The van der Waals surface area contributed by atoms with Crippen molar-refractivity contribution < 1.29 is 23.5 Å². The Labute approximate surface area is 154 Å². The summed E-state index contributed by atoms with van der Waals surface area (Å²) in [4.78, 5) is 27.2. The van der Waals surface area contributed by atoms with Gasteiger partial charge in [0.25, 0.3) is 5.91 Å². The molecule has 1 atom stereocenters. The van der Waals surface area contributed by atoms with Gasteiger partial charge >= 0.3 is 0 Å². The van der Waals surface area contributed by atoms with Gasteiger partial charge in [-0.1, -0.05) is 0 Å². The van der Waals surface area contributed by atoms with Crippen molar-refractivity contribution in [1.29, 1.82) is 0 Å². The zero-order valence-corrected chi connectivity index (χ0v) is 15.0. The molecule has 0 saturated heterocycles. The second-order valence-electron chi connectivity index (χ2n) is 6.65. The third-order valence-corrected chi connectivity index (χ3v) is 4.48. The first kappa shape index (κ1) is 19.0. The van der Waals surface area contributed by atoms with Crippen LogP contribution in [-0.2, 0) is 17.9 Å². The van der Waals surface area contributed by atoms with E-state index in [1.54, 1.807) is 24.8 Å². The predicted molar refractivity (Wildman–Crippen MR) is 91.6 cm³/mol. The molecule has 1 aliphatic heterocycles. The molecule has 0 unspecified atom stereocenters. The molecular weight excluding hydrogens is 358 g/mol. The van der Waals surface area contributed by atoms with Crippen LogP contribution in [0.5, 0.6) is 0 Å². The minimum absolute atomic E-state index is 0.0682. The molecular formula is C18H20F2N4O3. The maximum absolute atomic E-state index is 13.4. The van der Waals surface area contributed by atoms with Crippen LogP contribution in [0.25, 0.3) is 0 Å². The van der Waals surface area contributed by atoms with E-state index in [1.165, 1.54) is 15.9 Å². The number of nitrogens with zero attached hydrogens (tertiary/aromatic N) is 4. The first-order valence-electron chi connectivity index (χ1n) is 8.45. The number of carbonyl (C=O) groups excluding carboxylic acids is 2. The van der Waals surface area contributed by atoms with E-state index in [1.807, 2.05) is 0 Å². The summed E-state index contributed by atoms with van der Waals surface area (Å²) >= 11 is 0. The van der Waals surface area contributed by atoms with Crippen LogP contribution in [0.2, 0.25) is 0 Å². The maximum Gasteiger partial charge on any atom is 0.254 e. The third kappa shape index (κ3) is 3.97. The molecule has 0 fully saturated rings. The molecule has 0 spiro atoms. The number of carbonyl (C=O) groups is 2. The Morgan fingerprint density at radius 1 is 1.22 bits per heavy atom. The van der Waals surface area contributed by atoms with E-state index < -0.39 is 23.6 Å². The Hall–Kier alpha value is -2.81. The van der Waals surface area contributed by atoms with Gasteiger partial charge in [-0.2, -0.15) is 5.10 Å². The van der Waals surface area contributed by atoms with E-state index in [0.717, 1.165) is 12.1 Å². The Morgan fingerprint density at radius 2 is 1.96 bits per heavy atom. The SMILES string of the molecule is CN(C)C(=O)C[C@@H](O)c1cc2n(n1)CCN(C(=O)c1ccc(F)c(F)c1)C2. The second kappa shape index (κ2) is 7.43. The van der Waals surface area contributed by atoms with Gasteiger partial charge in [0.1, 0.15) is 6.10 Å². The normalized spacial score (nSPS) is 14.6. The number of hydrogen-bond donors (Lipinski definition) is 1. The summed E-state index contributed by atoms with van der Waals surface area (Å²) in [5.74, 6) is -2.71. The van der Waals surface area contributed by atoms with Crippen molar-refractivity contribution in [3.8, 4) is 0 Å². The van der Waals surface area contributed by atoms with Crippen LogP contribution < -0.4 is 0 Å². The van der Waals surface area contributed by atoms with Crippen molar-refractivity contribution in [2.24, 2.45) is 0 Å². The van der Waals surface area contributed by atoms with Gasteiger partial charge in [-0.05, 0) is 24.3 Å². The van der Waals surface area contributed by atoms with Gasteiger partial charge < -0.3 is 14.9 Å². The second-order valence-corrected chi connectivity index (χ2v) is 6.65. The van der Waals surface area contributed by atoms with Gasteiger partial charge in [0.2, 0.25) is 5.91 Å². The molecule has 3 rings (SSSR count). The van der Waals surface area contributed by atoms with E-state index in [-0.39, 0.29) is 24.4 Å². The summed E-state index contributed by atoms with van der Waals surface area (Å²) in [6.45, 7) is 0.969. The summed E-state index contributed by atoms with van der Waals surface area (Å²) < 4.78 is 28.1. The standard InChI is InChI=1S/C18H20F2N4O3/c1-22(2)17(26)9-16(25)15-8-12-10-23(5-6-24(12)21-15)18(27)11-3-4-13(19)14(20)7-11/h3-4,7-8,16,25H,5-6,9-10H2,1-2H3/t16-/m1/s1. The highest BCUT2D eigenvalue weighted by Crippen LogP contribution is 2.22. The molecule has 0 saturated carbocycles. The van der Waals surface area contributed by atoms with Crippen LogP contribution in [0.3, 0.4) is 0 Å². The van der Waals surface area contributed by atoms with Crippen molar-refractivity contribution in [1.82, 2.24) is 19.6 Å². The molecule has 7 nitrogen and oxygen atoms in total. The van der Waals surface area contributed by atoms with Gasteiger partial charge in [0, 0.05) is 26.2 Å². The molecule has 27 heavy (non-hydrogen) atoms. The monoisotopic (exact) mass is 378 g/mol. The summed E-state index contributed by atoms with van der Waals surface area (Å²) in [6.07, 6.45) is -1.12. The van der Waals surface area contributed by atoms with Gasteiger partial charge in [0.15, 0.2) is 11.6 Å². The topological polar surface area (TPSA) is 78.7 Å². The maximum atomic E-state index is 13.4. The van der Waals surface area contributed by atoms with E-state index in [0.29, 0.717) is 24.5 Å². The van der Waals surface area contributed by atoms with E-state index in [4.69, 9.17) is 0 Å². The number of rotatable bonds is 4. The highest BCUT2D eigenvalue weighted by atomic mass is 19.2. The lowest BCUT2D eigenvalue weighted by molar-refractivity contribution is -0.130. The van der Waals surface area contributed by atoms with Crippen molar-refractivity contribution in [3.05, 3.63) is 52.9 Å². The van der Waals surface area contributed by atoms with Gasteiger partial charge in [0.05, 0.1) is 30.9 Å². The molecule has 0 aliphatic carbocycles. The van der Waals surface area contributed by atoms with Crippen LogP contribution in [0.4, 0.5) is 8.78 Å². The zero-order valence-electron chi connectivity index (χ0n) is 15.0. The van der Waals surface area contributed by atoms with Crippen molar-refractivity contribution >= 4 is 11.8 Å². The lowest BCUT2D eigenvalue weighted by atomic mass is 10.1. The number of aromatic nitrogens is 2. The number of aliphatic hydroxyl groups is 1. The molecule has 9 heteroatoms. The van der Waals surface area contributed by atoms with Gasteiger partial charge in [-0.15, -0.1) is 0 Å². The zero-order chi connectivity index (χ0) is 19.7. The molecule has 1 N–H and O–H groups in total. The Kier molecular flexibility index (Phi) is 5.22. The van der Waals surface area contributed by atoms with Crippen molar-refractivity contribution in [2.45, 2.75) is 25.6 Å². The minimum atomic E-state index is -1.07. The van der Waals surface area contributed by atoms with E-state index in [2.05, 4.69) is 5.10 Å². The Morgan fingerprint density at radius 3 is 2.63 bits per heavy atom. The molecule has 2 heterocycles. The molecule has 144 valence electrons. The smallest absolute Gasteiger partial charge is 0.254 e. The minimum Gasteiger partial charge on any atom is -0.386 e. The number of amides is 2. The van der Waals surface area contributed by atoms with Gasteiger partial charge in [-0.3, -0.25) is 14.3 Å². The average molecular weight is 378 g/mol. The molecule has 0 radical (unpaired) electrons. The Balaban J connectivity index is 1.72. The molecule has 2 aromatic rings. The summed E-state index contributed by atoms with van der Waals surface area (Å²) in [5, 5.41) is 14.5. The predicted octanol–water partition coefficient (Wildman–Crippen LogP) is 1.33. The first-order valence-corrected chi connectivity index (χ1v) is 8.45. The number of fused-ring (bicyclic) bond motifs is 1. The van der Waals surface area contributed by atoms with Crippen LogP contribution >= 0.6 is 0 Å². The van der Waals surface area contributed by atoms with E-state index >= 15 is 0 Å². The Bertz CT molecular complexity index is 881. The van der Waals surface area contributed by atoms with Crippen LogP contribution in [0.1, 0.15) is 34.3 Å². The lowest BCUT2D eigenvalue weighted by Gasteiger charge is -2.27. The largest absolute Gasteiger partial charge is 0.386 e. The van der Waals surface area contributed by atoms with Crippen LogP contribution in [0, 0.1) is 11.6 Å². The summed E-state index contributed by atoms with van der Waals surface area (Å²) in [6, 6.07) is 4.70. The molecule has 2 amide bonds. The van der Waals surface area contributed by atoms with E-state index in [9.17, 15) is 23.5 Å². The van der Waals surface area contributed by atoms with Crippen molar-refractivity contribution in [3.63, 3.8) is 0 Å². The van der Waals surface area contributed by atoms with Gasteiger partial charge in [-0.25, -0.2) is 8.78 Å². The number of halogens is 2. The molecule has 1 aliphatic rings. The fourth-order valence-corrected chi connectivity index (χ4v) is 2.89. The molecule has 0 bridgehead atoms. The molecule has 1 aromatic heterocycles. The third-order valence-electron chi connectivity index (χ3n) is 4.48. The fraction of sp³-hybridized carbons (Fsp3) is 0.389. The lowest BCUT2D eigenvalue weighted by Crippen LogP contribution is -2.38. The fourth-order valence-electron chi connectivity index (χ4n) is 2.89. The number of aliphatic hydroxyl groups excluding tert-OH is 1. The summed E-state index contributed by atoms with van der Waals surface area (Å²) in [7, 11) is 3.21. The van der Waals surface area contributed by atoms with Crippen LogP contribution in [0.15, 0.2) is 24.3 Å². The highest BCUT2D eigenvalue weighted by molar-refractivity contribution is 5.94. The molecule has 1 aromatic carbocycles. The summed E-state index contributed by atoms with van der Waals surface area (Å²) in [5.41, 5.74) is 1.13.